The van der Waals surface area contributed by atoms with Crippen LogP contribution in [0.5, 0.6) is 0 Å². The molecule has 6 nitrogen and oxygen atoms in total. The van der Waals surface area contributed by atoms with Gasteiger partial charge in [-0.15, -0.1) is 10.2 Å². The van der Waals surface area contributed by atoms with E-state index in [0.717, 1.165) is 17.2 Å². The van der Waals surface area contributed by atoms with Crippen LogP contribution in [-0.4, -0.2) is 32.7 Å². The van der Waals surface area contributed by atoms with Gasteiger partial charge in [0.05, 0.1) is 12.7 Å². The second-order valence-corrected chi connectivity index (χ2v) is 6.15. The van der Waals surface area contributed by atoms with Crippen LogP contribution in [0.15, 0.2) is 29.4 Å². The molecule has 0 aliphatic carbocycles. The van der Waals surface area contributed by atoms with E-state index in [1.165, 1.54) is 31.0 Å². The molecule has 0 radical (unpaired) electrons. The quantitative estimate of drug-likeness (QED) is 0.534. The molecule has 8 heteroatoms. The Balaban J connectivity index is 1.91. The zero-order valence-corrected chi connectivity index (χ0v) is 14.2. The highest BCUT2D eigenvalue weighted by Crippen LogP contribution is 2.25. The third-order valence-electron chi connectivity index (χ3n) is 3.49. The lowest BCUT2D eigenvalue weighted by atomic mass is 10.1. The Kier molecular flexibility index (Phi) is 4.48. The first kappa shape index (κ1) is 16.4. The molecule has 2 aromatic heterocycles. The van der Waals surface area contributed by atoms with E-state index in [2.05, 4.69) is 15.2 Å². The van der Waals surface area contributed by atoms with Crippen molar-refractivity contribution >= 4 is 23.4 Å². The molecular weight excluding hydrogens is 331 g/mol. The number of hydrogen-bond donors (Lipinski definition) is 0. The number of esters is 1. The Morgan fingerprint density at radius 3 is 2.83 bits per heavy atom. The smallest absolute Gasteiger partial charge is 0.338 e. The van der Waals surface area contributed by atoms with Crippen LogP contribution in [0, 0.1) is 19.7 Å². The average Bonchev–Trinajstić information content (AvgIpc) is 2.96. The van der Waals surface area contributed by atoms with Crippen LogP contribution in [0.25, 0.3) is 5.65 Å². The van der Waals surface area contributed by atoms with Crippen molar-refractivity contribution in [1.82, 2.24) is 19.6 Å². The van der Waals surface area contributed by atoms with Gasteiger partial charge in [-0.25, -0.2) is 14.2 Å². The maximum atomic E-state index is 13.4. The molecule has 3 aromatic rings. The summed E-state index contributed by atoms with van der Waals surface area (Å²) in [6.07, 6.45) is 0. The lowest BCUT2D eigenvalue weighted by Gasteiger charge is -2.08. The predicted octanol–water partition coefficient (Wildman–Crippen LogP) is 2.96. The Morgan fingerprint density at radius 1 is 1.29 bits per heavy atom. The van der Waals surface area contributed by atoms with Gasteiger partial charge in [-0.2, -0.15) is 0 Å². The zero-order valence-electron chi connectivity index (χ0n) is 13.4. The van der Waals surface area contributed by atoms with Crippen molar-refractivity contribution in [2.45, 2.75) is 24.8 Å². The fourth-order valence-corrected chi connectivity index (χ4v) is 3.40. The van der Waals surface area contributed by atoms with Crippen molar-refractivity contribution in [3.05, 3.63) is 52.7 Å². The summed E-state index contributed by atoms with van der Waals surface area (Å²) >= 11 is 1.40. The molecule has 124 valence electrons. The minimum atomic E-state index is -0.565. The molecule has 0 unspecified atom stereocenters. The molecule has 0 saturated heterocycles. The summed E-state index contributed by atoms with van der Waals surface area (Å²) in [7, 11) is 1.27. The van der Waals surface area contributed by atoms with E-state index in [4.69, 9.17) is 4.74 Å². The van der Waals surface area contributed by atoms with Crippen LogP contribution >= 0.6 is 11.8 Å². The number of benzene rings is 1. The lowest BCUT2D eigenvalue weighted by Crippen LogP contribution is -2.06. The van der Waals surface area contributed by atoms with Gasteiger partial charge in [-0.1, -0.05) is 17.8 Å². The van der Waals surface area contributed by atoms with Gasteiger partial charge in [0.1, 0.15) is 11.6 Å². The molecule has 0 saturated carbocycles. The number of methoxy groups -OCH3 is 1. The summed E-state index contributed by atoms with van der Waals surface area (Å²) < 4.78 is 20.0. The molecule has 0 aliphatic rings. The van der Waals surface area contributed by atoms with Crippen molar-refractivity contribution in [3.8, 4) is 0 Å². The molecule has 0 amide bonds. The standard InChI is InChI=1S/C16H15FN4O2S/c1-9-6-14-19-20-16(21(14)10(2)18-9)24-8-11-4-5-12(17)7-13(11)15(22)23-3/h4-7H,8H2,1-3H3. The molecule has 0 atom stereocenters. The number of nitrogens with zero attached hydrogens (tertiary/aromatic N) is 4. The van der Waals surface area contributed by atoms with E-state index >= 15 is 0 Å². The number of carbonyl (C=O) groups is 1. The Labute approximate surface area is 142 Å². The number of ether oxygens (including phenoxy) is 1. The lowest BCUT2D eigenvalue weighted by molar-refractivity contribution is 0.0599. The number of aromatic nitrogens is 4. The highest BCUT2D eigenvalue weighted by molar-refractivity contribution is 7.98. The van der Waals surface area contributed by atoms with Gasteiger partial charge in [0.15, 0.2) is 10.8 Å². The molecule has 2 heterocycles. The third-order valence-corrected chi connectivity index (χ3v) is 4.47. The highest BCUT2D eigenvalue weighted by Gasteiger charge is 2.15. The number of carbonyl (C=O) groups excluding carboxylic acids is 1. The van der Waals surface area contributed by atoms with Crippen LogP contribution in [0.3, 0.4) is 0 Å². The van der Waals surface area contributed by atoms with Gasteiger partial charge < -0.3 is 4.74 Å². The molecule has 1 aromatic carbocycles. The van der Waals surface area contributed by atoms with E-state index < -0.39 is 11.8 Å². The SMILES string of the molecule is COC(=O)c1cc(F)ccc1CSc1nnc2cc(C)nc(C)n12. The zero-order chi connectivity index (χ0) is 17.3. The van der Waals surface area contributed by atoms with E-state index in [1.807, 2.05) is 24.3 Å². The van der Waals surface area contributed by atoms with Crippen molar-refractivity contribution in [2.24, 2.45) is 0 Å². The van der Waals surface area contributed by atoms with Crippen LogP contribution in [0.1, 0.15) is 27.4 Å². The minimum absolute atomic E-state index is 0.213. The molecule has 0 spiro atoms. The normalized spacial score (nSPS) is 11.0. The van der Waals surface area contributed by atoms with Crippen LogP contribution in [-0.2, 0) is 10.5 Å². The third kappa shape index (κ3) is 3.09. The first-order valence-electron chi connectivity index (χ1n) is 7.18. The molecular formula is C16H15FN4O2S. The number of thioether (sulfide) groups is 1. The van der Waals surface area contributed by atoms with Gasteiger partial charge in [-0.3, -0.25) is 4.40 Å². The van der Waals surface area contributed by atoms with Crippen molar-refractivity contribution in [1.29, 1.82) is 0 Å². The van der Waals surface area contributed by atoms with Crippen molar-refractivity contribution in [3.63, 3.8) is 0 Å². The first-order chi connectivity index (χ1) is 11.5. The van der Waals surface area contributed by atoms with Crippen LogP contribution in [0.4, 0.5) is 4.39 Å². The summed E-state index contributed by atoms with van der Waals surface area (Å²) in [4.78, 5) is 16.2. The van der Waals surface area contributed by atoms with Gasteiger partial charge in [0.2, 0.25) is 0 Å². The highest BCUT2D eigenvalue weighted by atomic mass is 32.2. The van der Waals surface area contributed by atoms with Gasteiger partial charge in [0, 0.05) is 17.5 Å². The Hall–Kier alpha value is -2.48. The van der Waals surface area contributed by atoms with Crippen LogP contribution in [0.2, 0.25) is 0 Å². The van der Waals surface area contributed by atoms with E-state index in [-0.39, 0.29) is 5.56 Å². The van der Waals surface area contributed by atoms with E-state index in [1.54, 1.807) is 6.07 Å². The van der Waals surface area contributed by atoms with Gasteiger partial charge in [0.25, 0.3) is 0 Å². The van der Waals surface area contributed by atoms with Gasteiger partial charge >= 0.3 is 5.97 Å². The summed E-state index contributed by atoms with van der Waals surface area (Å²) in [5.41, 5.74) is 2.47. The largest absolute Gasteiger partial charge is 0.465 e. The number of rotatable bonds is 4. The maximum absolute atomic E-state index is 13.4. The maximum Gasteiger partial charge on any atom is 0.338 e. The Bertz CT molecular complexity index is 926. The molecule has 0 bridgehead atoms. The molecule has 0 N–H and O–H groups in total. The van der Waals surface area contributed by atoms with Crippen molar-refractivity contribution in [2.75, 3.05) is 7.11 Å². The summed E-state index contributed by atoms with van der Waals surface area (Å²) in [5.74, 6) is 0.167. The molecule has 24 heavy (non-hydrogen) atoms. The van der Waals surface area contributed by atoms with E-state index in [9.17, 15) is 9.18 Å². The average molecular weight is 346 g/mol. The molecule has 0 fully saturated rings. The van der Waals surface area contributed by atoms with E-state index in [0.29, 0.717) is 16.5 Å². The molecule has 0 aliphatic heterocycles. The second kappa shape index (κ2) is 6.56. The topological polar surface area (TPSA) is 69.4 Å². The number of hydrogen-bond acceptors (Lipinski definition) is 6. The van der Waals surface area contributed by atoms with Crippen molar-refractivity contribution < 1.29 is 13.9 Å². The second-order valence-electron chi connectivity index (χ2n) is 5.20. The van der Waals surface area contributed by atoms with Crippen LogP contribution < -0.4 is 0 Å². The summed E-state index contributed by atoms with van der Waals surface area (Å²) in [5, 5.41) is 8.97. The summed E-state index contributed by atoms with van der Waals surface area (Å²) in [6.45, 7) is 3.78. The minimum Gasteiger partial charge on any atom is -0.465 e. The predicted molar refractivity (Wildman–Crippen MR) is 87.6 cm³/mol. The fourth-order valence-electron chi connectivity index (χ4n) is 2.41. The number of aryl methyl sites for hydroxylation is 2. The summed E-state index contributed by atoms with van der Waals surface area (Å²) in [6, 6.07) is 5.93. The number of halogens is 1. The first-order valence-corrected chi connectivity index (χ1v) is 8.17. The number of fused-ring (bicyclic) bond motifs is 1. The monoisotopic (exact) mass is 346 g/mol. The van der Waals surface area contributed by atoms with Gasteiger partial charge in [-0.05, 0) is 31.5 Å². The Morgan fingerprint density at radius 2 is 2.08 bits per heavy atom. The fraction of sp³-hybridized carbons (Fsp3) is 0.250. The molecule has 3 rings (SSSR count).